The van der Waals surface area contributed by atoms with Crippen LogP contribution in [-0.4, -0.2) is 152 Å². The largest absolute Gasteiger partial charge is 0.503 e. The Balaban J connectivity index is 0.000000462. The number of carbonyl (C=O) groups is 5. The van der Waals surface area contributed by atoms with Crippen LogP contribution in [0.4, 0.5) is 9.59 Å². The van der Waals surface area contributed by atoms with Crippen molar-refractivity contribution in [2.24, 2.45) is 5.92 Å². The highest BCUT2D eigenvalue weighted by atomic mass is 16.6. The van der Waals surface area contributed by atoms with E-state index >= 15 is 0 Å². The van der Waals surface area contributed by atoms with Crippen molar-refractivity contribution in [3.05, 3.63) is 43.3 Å². The number of cyclic esters (lactones) is 2. The van der Waals surface area contributed by atoms with E-state index in [1.807, 2.05) is 19.9 Å². The molecule has 2 aliphatic heterocycles. The number of aromatic nitrogens is 1. The fraction of sp³-hybridized carbons (Fsp3) is 0.708. The summed E-state index contributed by atoms with van der Waals surface area (Å²) in [5, 5.41) is 12.7. The lowest BCUT2D eigenvalue weighted by Crippen LogP contribution is -2.54. The third-order valence-corrected chi connectivity index (χ3v) is 10.1. The molecule has 0 aromatic carbocycles. The molecular formula is C48H77N3O16. The molecule has 0 radical (unpaired) electrons. The number of aromatic hydroxyl groups is 1. The molecule has 380 valence electrons. The molecule has 3 amide bonds. The van der Waals surface area contributed by atoms with Crippen LogP contribution in [0, 0.1) is 5.92 Å². The second-order valence-electron chi connectivity index (χ2n) is 18.1. The van der Waals surface area contributed by atoms with E-state index in [1.54, 1.807) is 54.5 Å². The van der Waals surface area contributed by atoms with Crippen LogP contribution < -0.4 is 10.1 Å². The van der Waals surface area contributed by atoms with E-state index < -0.39 is 83.5 Å². The van der Waals surface area contributed by atoms with Crippen LogP contribution in [0.15, 0.2) is 37.6 Å². The van der Waals surface area contributed by atoms with E-state index in [1.165, 1.54) is 19.4 Å². The molecule has 3 rings (SSSR count). The van der Waals surface area contributed by atoms with Gasteiger partial charge in [-0.3, -0.25) is 4.79 Å². The molecule has 1 aromatic heterocycles. The Morgan fingerprint density at radius 3 is 1.96 bits per heavy atom. The number of methoxy groups -OCH3 is 1. The fourth-order valence-electron chi connectivity index (χ4n) is 6.69. The fourth-order valence-corrected chi connectivity index (χ4v) is 6.69. The Bertz CT molecular complexity index is 1700. The summed E-state index contributed by atoms with van der Waals surface area (Å²) in [6.07, 6.45) is 5.20. The van der Waals surface area contributed by atoms with Crippen molar-refractivity contribution in [1.29, 1.82) is 0 Å². The summed E-state index contributed by atoms with van der Waals surface area (Å²) in [7, 11) is 1.36. The highest BCUT2D eigenvalue weighted by Gasteiger charge is 2.44. The Morgan fingerprint density at radius 2 is 1.40 bits per heavy atom. The van der Waals surface area contributed by atoms with E-state index in [0.717, 1.165) is 38.5 Å². The van der Waals surface area contributed by atoms with Gasteiger partial charge in [-0.15, -0.1) is 13.2 Å². The molecule has 1 aromatic rings. The van der Waals surface area contributed by atoms with Crippen LogP contribution in [0.5, 0.6) is 11.5 Å². The number of allylic oxidation sites excluding steroid dienone is 1. The molecule has 67 heavy (non-hydrogen) atoms. The maximum absolute atomic E-state index is 13.2. The number of unbranched alkanes of at least 4 members (excludes halogenated alkanes) is 2. The predicted octanol–water partition coefficient (Wildman–Crippen LogP) is 6.87. The Kier molecular flexibility index (Phi) is 25.4. The number of amides is 3. The highest BCUT2D eigenvalue weighted by Crippen LogP contribution is 2.29. The van der Waals surface area contributed by atoms with E-state index in [0.29, 0.717) is 18.1 Å². The third-order valence-electron chi connectivity index (χ3n) is 10.1. The lowest BCUT2D eigenvalue weighted by atomic mass is 9.91. The minimum atomic E-state index is -1.43. The molecular weight excluding hydrogens is 875 g/mol. The van der Waals surface area contributed by atoms with Gasteiger partial charge < -0.3 is 57.8 Å². The van der Waals surface area contributed by atoms with Crippen LogP contribution in [0.2, 0.25) is 0 Å². The molecule has 0 spiro atoms. The smallest absolute Gasteiger partial charge is 0.420 e. The van der Waals surface area contributed by atoms with E-state index in [9.17, 15) is 29.1 Å². The average Bonchev–Trinajstić information content (AvgIpc) is 3.32. The van der Waals surface area contributed by atoms with Crippen molar-refractivity contribution in [2.45, 2.75) is 162 Å². The third kappa shape index (κ3) is 20.1. The number of nitrogens with one attached hydrogen (secondary N) is 1. The summed E-state index contributed by atoms with van der Waals surface area (Å²) >= 11 is 0. The minimum absolute atomic E-state index is 0.0550. The van der Waals surface area contributed by atoms with Crippen LogP contribution >= 0.6 is 0 Å². The topological polar surface area (TPSA) is 226 Å². The SMILES string of the molecule is C=CCC[C@H]1[C@H](C)OC(=O)[C@@H](NC(=O)c2nccc(OC)c2O)COC[C@@H]1OCCCC.C=CCO[C@H]1[C@H](C)OC(=O)[C@@H](N(C(=O)OC(C)(C)C)C(=O)OC(C)(C)C)COC[C@@H]1OCCCC. The quantitative estimate of drug-likeness (QED) is 0.0662. The first-order chi connectivity index (χ1) is 31.6. The average molecular weight is 952 g/mol. The van der Waals surface area contributed by atoms with Crippen molar-refractivity contribution in [3.63, 3.8) is 0 Å². The number of hydrogen-bond acceptors (Lipinski definition) is 17. The van der Waals surface area contributed by atoms with Gasteiger partial charge in [0.25, 0.3) is 5.91 Å². The zero-order valence-electron chi connectivity index (χ0n) is 41.5. The van der Waals surface area contributed by atoms with Gasteiger partial charge in [0.2, 0.25) is 0 Å². The number of nitrogens with zero attached hydrogens (tertiary/aromatic N) is 2. The molecule has 2 aliphatic rings. The van der Waals surface area contributed by atoms with Gasteiger partial charge in [0.1, 0.15) is 35.6 Å². The summed E-state index contributed by atoms with van der Waals surface area (Å²) in [5.41, 5.74) is -2.10. The minimum Gasteiger partial charge on any atom is -0.503 e. The molecule has 19 nitrogen and oxygen atoms in total. The van der Waals surface area contributed by atoms with Crippen molar-refractivity contribution in [1.82, 2.24) is 15.2 Å². The van der Waals surface area contributed by atoms with E-state index in [2.05, 4.69) is 30.4 Å². The molecule has 0 saturated carbocycles. The number of imide groups is 1. The molecule has 0 unspecified atom stereocenters. The van der Waals surface area contributed by atoms with Crippen LogP contribution in [0.25, 0.3) is 0 Å². The number of esters is 2. The second-order valence-corrected chi connectivity index (χ2v) is 18.1. The van der Waals surface area contributed by atoms with E-state index in [4.69, 9.17) is 47.4 Å². The lowest BCUT2D eigenvalue weighted by Gasteiger charge is -2.32. The molecule has 2 N–H and O–H groups in total. The lowest BCUT2D eigenvalue weighted by molar-refractivity contribution is -0.168. The number of rotatable bonds is 18. The summed E-state index contributed by atoms with van der Waals surface area (Å²) in [4.78, 5) is 69.2. The monoisotopic (exact) mass is 952 g/mol. The summed E-state index contributed by atoms with van der Waals surface area (Å²) in [5.74, 6) is -2.59. The van der Waals surface area contributed by atoms with Crippen molar-refractivity contribution < 1.29 is 76.4 Å². The van der Waals surface area contributed by atoms with Gasteiger partial charge in [-0.1, -0.05) is 38.8 Å². The summed E-state index contributed by atoms with van der Waals surface area (Å²) in [6.45, 7) is 26.1. The van der Waals surface area contributed by atoms with Gasteiger partial charge in [0.05, 0.1) is 46.2 Å². The summed E-state index contributed by atoms with van der Waals surface area (Å²) in [6, 6.07) is -1.07. The molecule has 8 atom stereocenters. The van der Waals surface area contributed by atoms with Gasteiger partial charge in [-0.2, -0.15) is 4.90 Å². The molecule has 19 heteroatoms. The normalized spacial score (nSPS) is 23.9. The molecule has 2 fully saturated rings. The number of hydrogen-bond donors (Lipinski definition) is 2. The van der Waals surface area contributed by atoms with Crippen LogP contribution in [-0.2, 0) is 52.2 Å². The van der Waals surface area contributed by atoms with Gasteiger partial charge in [-0.05, 0) is 81.1 Å². The van der Waals surface area contributed by atoms with Crippen molar-refractivity contribution in [2.75, 3.05) is 53.4 Å². The number of carbonyl (C=O) groups excluding carboxylic acids is 5. The zero-order valence-corrected chi connectivity index (χ0v) is 41.5. The van der Waals surface area contributed by atoms with Crippen LogP contribution in [0.1, 0.15) is 118 Å². The van der Waals surface area contributed by atoms with E-state index in [-0.39, 0.29) is 56.5 Å². The maximum Gasteiger partial charge on any atom is 0.420 e. The highest BCUT2D eigenvalue weighted by molar-refractivity contribution is 5.98. The van der Waals surface area contributed by atoms with Crippen molar-refractivity contribution in [3.8, 4) is 11.5 Å². The Labute approximate surface area is 396 Å². The Hall–Kier alpha value is -4.82. The first kappa shape index (κ1) is 58.3. The maximum atomic E-state index is 13.2. The number of pyridine rings is 1. The standard InChI is InChI=1S/C25H43NO9.C23H34N2O7/c1-10-12-14-31-19-16-30-15-18(21(27)33-17(3)20(19)32-13-11-2)26(22(28)34-24(4,5)6)23(29)35-25(7,8)9;1-5-7-9-16-15(3)32-23(28)17(13-30-14-19(16)31-12-8-6-2)25-22(27)20-21(26)18(29-4)10-11-24-20/h11,17-20H,2,10,12-16H2,1,3-9H3;5,10-11,15-17,19,26H,1,6-9,12-14H2,2-4H3,(H,25,27)/t17-,18-,19-,20-;15-,16-,17-,19-/m00/s1. The van der Waals surface area contributed by atoms with Gasteiger partial charge in [-0.25, -0.2) is 24.2 Å². The first-order valence-corrected chi connectivity index (χ1v) is 23.0. The first-order valence-electron chi connectivity index (χ1n) is 23.0. The van der Waals surface area contributed by atoms with Gasteiger partial charge >= 0.3 is 24.1 Å². The van der Waals surface area contributed by atoms with Gasteiger partial charge in [0, 0.05) is 31.4 Å². The van der Waals surface area contributed by atoms with Gasteiger partial charge in [0.15, 0.2) is 29.3 Å². The molecule has 0 bridgehead atoms. The molecule has 3 heterocycles. The summed E-state index contributed by atoms with van der Waals surface area (Å²) < 4.78 is 56.6. The Morgan fingerprint density at radius 1 is 0.836 bits per heavy atom. The predicted molar refractivity (Wildman–Crippen MR) is 247 cm³/mol. The molecule has 0 aliphatic carbocycles. The second kappa shape index (κ2) is 29.2. The van der Waals surface area contributed by atoms with Crippen LogP contribution in [0.3, 0.4) is 0 Å². The van der Waals surface area contributed by atoms with Crippen molar-refractivity contribution >= 4 is 30.0 Å². The zero-order chi connectivity index (χ0) is 50.3. The molecule has 2 saturated heterocycles. The number of ether oxygens (including phenoxy) is 10.